The van der Waals surface area contributed by atoms with Gasteiger partial charge >= 0.3 is 5.97 Å². The molecule has 0 unspecified atom stereocenters. The van der Waals surface area contributed by atoms with Crippen molar-refractivity contribution in [3.05, 3.63) is 0 Å². The van der Waals surface area contributed by atoms with Crippen molar-refractivity contribution in [3.8, 4) is 6.07 Å². The summed E-state index contributed by atoms with van der Waals surface area (Å²) in [5, 5.41) is 16.2. The molecule has 0 rings (SSSR count). The highest BCUT2D eigenvalue weighted by Gasteiger charge is 2.02. The highest BCUT2D eigenvalue weighted by molar-refractivity contribution is 5.66. The maximum absolute atomic E-state index is 9.85. The molecule has 0 aliphatic carbocycles. The molecule has 0 aliphatic heterocycles. The average molecular weight is 128 g/mol. The fraction of sp³-hybridized carbons (Fsp3) is 0.600. The number of carboxylic acids is 1. The number of hydrogen-bond donors (Lipinski definition) is 2. The first-order chi connectivity index (χ1) is 4.16. The van der Waals surface area contributed by atoms with E-state index in [1.54, 1.807) is 6.07 Å². The summed E-state index contributed by atoms with van der Waals surface area (Å²) in [6.07, 6.45) is 0.195. The molecule has 0 bridgehead atoms. The quantitative estimate of drug-likeness (QED) is 0.546. The van der Waals surface area contributed by atoms with Gasteiger partial charge in [0.2, 0.25) is 0 Å². The monoisotopic (exact) mass is 128 g/mol. The zero-order chi connectivity index (χ0) is 7.28. The smallest absolute Gasteiger partial charge is 0.303 e. The number of nitriles is 1. The molecule has 9 heavy (non-hydrogen) atoms. The van der Waals surface area contributed by atoms with Gasteiger partial charge in [-0.05, 0) is 6.42 Å². The molecule has 0 saturated carbocycles. The van der Waals surface area contributed by atoms with E-state index < -0.39 is 12.0 Å². The van der Waals surface area contributed by atoms with Crippen LogP contribution in [0.2, 0.25) is 0 Å². The Bertz CT molecular complexity index is 138. The third kappa shape index (κ3) is 4.78. The van der Waals surface area contributed by atoms with Crippen LogP contribution in [0.25, 0.3) is 0 Å². The minimum Gasteiger partial charge on any atom is -0.481 e. The van der Waals surface area contributed by atoms with Gasteiger partial charge in [0.25, 0.3) is 0 Å². The molecule has 0 spiro atoms. The summed E-state index contributed by atoms with van der Waals surface area (Å²) >= 11 is 0. The van der Waals surface area contributed by atoms with E-state index in [4.69, 9.17) is 16.1 Å². The van der Waals surface area contributed by atoms with Crippen molar-refractivity contribution >= 4 is 5.97 Å². The minimum atomic E-state index is -0.916. The van der Waals surface area contributed by atoms with Gasteiger partial charge in [-0.1, -0.05) is 0 Å². The second kappa shape index (κ2) is 3.87. The molecule has 0 saturated heterocycles. The van der Waals surface area contributed by atoms with E-state index in [-0.39, 0.29) is 12.8 Å². The average Bonchev–Trinajstić information content (AvgIpc) is 1.83. The third-order valence-electron chi connectivity index (χ3n) is 0.835. The number of nitrogens with two attached hydrogens (primary N) is 1. The largest absolute Gasteiger partial charge is 0.481 e. The van der Waals surface area contributed by atoms with Crippen molar-refractivity contribution in [2.24, 2.45) is 5.73 Å². The lowest BCUT2D eigenvalue weighted by molar-refractivity contribution is -0.137. The second-order valence-corrected chi connectivity index (χ2v) is 1.67. The lowest BCUT2D eigenvalue weighted by Gasteiger charge is -1.95. The van der Waals surface area contributed by atoms with Crippen molar-refractivity contribution in [3.63, 3.8) is 0 Å². The lowest BCUT2D eigenvalue weighted by Crippen LogP contribution is -2.18. The molecule has 4 nitrogen and oxygen atoms in total. The Kier molecular flexibility index (Phi) is 3.40. The van der Waals surface area contributed by atoms with Crippen LogP contribution in [0.1, 0.15) is 12.8 Å². The van der Waals surface area contributed by atoms with E-state index in [1.165, 1.54) is 0 Å². The topological polar surface area (TPSA) is 87.1 Å². The first kappa shape index (κ1) is 7.92. The molecule has 0 aromatic heterocycles. The molecule has 3 N–H and O–H groups in total. The highest BCUT2D eigenvalue weighted by atomic mass is 16.4. The van der Waals surface area contributed by atoms with E-state index in [1.807, 2.05) is 0 Å². The van der Waals surface area contributed by atoms with Crippen LogP contribution in [0.4, 0.5) is 0 Å². The summed E-state index contributed by atoms with van der Waals surface area (Å²) in [5.41, 5.74) is 5.10. The van der Waals surface area contributed by atoms with Gasteiger partial charge in [-0.3, -0.25) is 4.79 Å². The van der Waals surface area contributed by atoms with E-state index >= 15 is 0 Å². The summed E-state index contributed by atoms with van der Waals surface area (Å²) in [6, 6.07) is 1.10. The predicted octanol–water partition coefficient (Wildman–Crippen LogP) is -0.298. The van der Waals surface area contributed by atoms with Crippen molar-refractivity contribution in [2.45, 2.75) is 18.9 Å². The number of carboxylic acid groups (broad SMARTS) is 1. The standard InChI is InChI=1S/C5H8N2O2/c6-3-4(7)1-2-5(8)9/h4H,1-2,7H2,(H,8,9)/t4-/m0/s1. The minimum absolute atomic E-state index is 0.0330. The molecule has 0 heterocycles. The number of nitrogens with zero attached hydrogens (tertiary/aromatic N) is 1. The highest BCUT2D eigenvalue weighted by Crippen LogP contribution is 1.91. The van der Waals surface area contributed by atoms with Gasteiger partial charge in [0.15, 0.2) is 0 Å². The molecule has 0 aromatic rings. The van der Waals surface area contributed by atoms with Gasteiger partial charge in [-0.15, -0.1) is 0 Å². The molecule has 4 heteroatoms. The molecule has 50 valence electrons. The Morgan fingerprint density at radius 3 is 2.78 bits per heavy atom. The lowest BCUT2D eigenvalue weighted by atomic mass is 10.2. The van der Waals surface area contributed by atoms with E-state index in [9.17, 15) is 4.79 Å². The van der Waals surface area contributed by atoms with Crippen LogP contribution in [0.5, 0.6) is 0 Å². The molecular formula is C5H8N2O2. The molecule has 0 aromatic carbocycles. The van der Waals surface area contributed by atoms with Crippen molar-refractivity contribution in [1.82, 2.24) is 0 Å². The maximum atomic E-state index is 9.85. The van der Waals surface area contributed by atoms with Gasteiger partial charge in [-0.2, -0.15) is 5.26 Å². The fourth-order valence-corrected chi connectivity index (χ4v) is 0.344. The van der Waals surface area contributed by atoms with Crippen LogP contribution < -0.4 is 5.73 Å². The van der Waals surface area contributed by atoms with Gasteiger partial charge in [-0.25, -0.2) is 0 Å². The molecule has 0 fully saturated rings. The molecule has 0 radical (unpaired) electrons. The van der Waals surface area contributed by atoms with Crippen molar-refractivity contribution < 1.29 is 9.90 Å². The number of carbonyl (C=O) groups is 1. The Hall–Kier alpha value is -1.08. The normalized spacial score (nSPS) is 12.0. The Balaban J connectivity index is 3.30. The second-order valence-electron chi connectivity index (χ2n) is 1.67. The maximum Gasteiger partial charge on any atom is 0.303 e. The van der Waals surface area contributed by atoms with Crippen LogP contribution >= 0.6 is 0 Å². The summed E-state index contributed by atoms with van der Waals surface area (Å²) in [7, 11) is 0. The van der Waals surface area contributed by atoms with Gasteiger partial charge in [0, 0.05) is 6.42 Å². The zero-order valence-electron chi connectivity index (χ0n) is 4.87. The summed E-state index contributed by atoms with van der Waals surface area (Å²) < 4.78 is 0. The third-order valence-corrected chi connectivity index (χ3v) is 0.835. The number of hydrogen-bond acceptors (Lipinski definition) is 3. The predicted molar refractivity (Wildman–Crippen MR) is 30.5 cm³/mol. The van der Waals surface area contributed by atoms with Crippen molar-refractivity contribution in [2.75, 3.05) is 0 Å². The van der Waals surface area contributed by atoms with Gasteiger partial charge in [0.05, 0.1) is 12.1 Å². The number of rotatable bonds is 3. The van der Waals surface area contributed by atoms with Gasteiger partial charge in [0.1, 0.15) is 0 Å². The Labute approximate surface area is 52.9 Å². The van der Waals surface area contributed by atoms with Crippen LogP contribution in [-0.2, 0) is 4.79 Å². The summed E-state index contributed by atoms with van der Waals surface area (Å²) in [4.78, 5) is 9.85. The Morgan fingerprint density at radius 2 is 2.44 bits per heavy atom. The summed E-state index contributed by atoms with van der Waals surface area (Å²) in [6.45, 7) is 0. The molecule has 0 amide bonds. The van der Waals surface area contributed by atoms with E-state index in [0.717, 1.165) is 0 Å². The van der Waals surface area contributed by atoms with Crippen LogP contribution in [-0.4, -0.2) is 17.1 Å². The van der Waals surface area contributed by atoms with Gasteiger partial charge < -0.3 is 10.8 Å². The number of aliphatic carboxylic acids is 1. The summed E-state index contributed by atoms with van der Waals surface area (Å²) in [5.74, 6) is -0.916. The molecule has 0 aliphatic rings. The fourth-order valence-electron chi connectivity index (χ4n) is 0.344. The van der Waals surface area contributed by atoms with Crippen molar-refractivity contribution in [1.29, 1.82) is 5.26 Å². The Morgan fingerprint density at radius 1 is 1.89 bits per heavy atom. The van der Waals surface area contributed by atoms with Crippen LogP contribution in [0.3, 0.4) is 0 Å². The van der Waals surface area contributed by atoms with Crippen LogP contribution in [0.15, 0.2) is 0 Å². The first-order valence-corrected chi connectivity index (χ1v) is 2.54. The first-order valence-electron chi connectivity index (χ1n) is 2.54. The molecular weight excluding hydrogens is 120 g/mol. The van der Waals surface area contributed by atoms with E-state index in [0.29, 0.717) is 0 Å². The SMILES string of the molecule is N#C[C@@H](N)CCC(=O)O. The zero-order valence-corrected chi connectivity index (χ0v) is 4.87. The molecule has 1 atom stereocenters. The van der Waals surface area contributed by atoms with E-state index in [2.05, 4.69) is 0 Å². The van der Waals surface area contributed by atoms with Crippen LogP contribution in [0, 0.1) is 11.3 Å².